The van der Waals surface area contributed by atoms with Crippen LogP contribution in [0.5, 0.6) is 5.75 Å². The van der Waals surface area contributed by atoms with Crippen molar-refractivity contribution in [2.45, 2.75) is 0 Å². The van der Waals surface area contributed by atoms with E-state index in [0.29, 0.717) is 5.75 Å². The van der Waals surface area contributed by atoms with Crippen molar-refractivity contribution < 1.29 is 5.11 Å². The van der Waals surface area contributed by atoms with Gasteiger partial charge in [0, 0.05) is 5.75 Å². The number of rotatable bonds is 2. The summed E-state index contributed by atoms with van der Waals surface area (Å²) in [6.45, 7) is 0. The zero-order chi connectivity index (χ0) is 9.84. The fraction of sp³-hybridized carbons (Fsp3) is 0.111. The molecular formula is C9H8Cl2OS. The molecule has 0 amide bonds. The molecule has 1 rings (SSSR count). The van der Waals surface area contributed by atoms with Crippen molar-refractivity contribution in [3.05, 3.63) is 33.8 Å². The molecule has 0 fully saturated rings. The zero-order valence-electron chi connectivity index (χ0n) is 6.67. The van der Waals surface area contributed by atoms with Crippen LogP contribution in [0, 0.1) is 0 Å². The van der Waals surface area contributed by atoms with Crippen LogP contribution in [-0.4, -0.2) is 10.9 Å². The normalized spacial score (nSPS) is 11.0. The van der Waals surface area contributed by atoms with Gasteiger partial charge < -0.3 is 5.11 Å². The van der Waals surface area contributed by atoms with Crippen molar-refractivity contribution in [2.75, 3.05) is 5.75 Å². The van der Waals surface area contributed by atoms with E-state index in [1.54, 1.807) is 12.1 Å². The lowest BCUT2D eigenvalue weighted by molar-refractivity contribution is 0.476. The Labute approximate surface area is 92.4 Å². The van der Waals surface area contributed by atoms with Crippen molar-refractivity contribution in [3.8, 4) is 5.75 Å². The summed E-state index contributed by atoms with van der Waals surface area (Å²) in [6.07, 6.45) is 3.70. The first-order chi connectivity index (χ1) is 6.15. The Hall–Kier alpha value is -0.310. The highest BCUT2D eigenvalue weighted by Gasteiger charge is 2.04. The van der Waals surface area contributed by atoms with Gasteiger partial charge in [0.15, 0.2) is 5.75 Å². The van der Waals surface area contributed by atoms with E-state index >= 15 is 0 Å². The number of hydrogen-bond acceptors (Lipinski definition) is 2. The molecule has 70 valence electrons. The van der Waals surface area contributed by atoms with Gasteiger partial charge in [-0.3, -0.25) is 0 Å². The van der Waals surface area contributed by atoms with Crippen molar-refractivity contribution in [3.63, 3.8) is 0 Å². The first kappa shape index (κ1) is 10.8. The lowest BCUT2D eigenvalue weighted by Crippen LogP contribution is -1.76. The highest BCUT2D eigenvalue weighted by atomic mass is 35.5. The smallest absolute Gasteiger partial charge is 0.152 e. The monoisotopic (exact) mass is 234 g/mol. The number of phenolic OH excluding ortho intramolecular Hbond substituents is 1. The van der Waals surface area contributed by atoms with Crippen LogP contribution in [-0.2, 0) is 0 Å². The molecule has 13 heavy (non-hydrogen) atoms. The molecule has 1 N–H and O–H groups in total. The van der Waals surface area contributed by atoms with Gasteiger partial charge in [-0.15, -0.1) is 0 Å². The summed E-state index contributed by atoms with van der Waals surface area (Å²) >= 11 is 15.4. The molecule has 0 aliphatic carbocycles. The number of phenols is 1. The van der Waals surface area contributed by atoms with Crippen LogP contribution in [0.1, 0.15) is 5.56 Å². The summed E-state index contributed by atoms with van der Waals surface area (Å²) in [7, 11) is 0. The first-order valence-electron chi connectivity index (χ1n) is 3.60. The third-order valence-electron chi connectivity index (χ3n) is 1.45. The molecule has 1 nitrogen and oxygen atoms in total. The molecular weight excluding hydrogens is 227 g/mol. The van der Waals surface area contributed by atoms with Gasteiger partial charge in [-0.25, -0.2) is 0 Å². The van der Waals surface area contributed by atoms with Crippen LogP contribution in [0.4, 0.5) is 0 Å². The molecule has 0 atom stereocenters. The average Bonchev–Trinajstić information content (AvgIpc) is 2.10. The average molecular weight is 235 g/mol. The predicted molar refractivity (Wildman–Crippen MR) is 61.0 cm³/mol. The Morgan fingerprint density at radius 1 is 1.31 bits per heavy atom. The third-order valence-corrected chi connectivity index (χ3v) is 2.24. The summed E-state index contributed by atoms with van der Waals surface area (Å²) in [5.41, 5.74) is 0.849. The quantitative estimate of drug-likeness (QED) is 0.750. The summed E-state index contributed by atoms with van der Waals surface area (Å²) in [6, 6.07) is 3.28. The van der Waals surface area contributed by atoms with Gasteiger partial charge in [0.1, 0.15) is 0 Å². The van der Waals surface area contributed by atoms with E-state index in [1.165, 1.54) is 0 Å². The van der Waals surface area contributed by atoms with Crippen molar-refractivity contribution >= 4 is 41.9 Å². The maximum Gasteiger partial charge on any atom is 0.152 e. The molecule has 0 aliphatic heterocycles. The lowest BCUT2D eigenvalue weighted by atomic mass is 10.2. The SMILES string of the molecule is Oc1c(Cl)cc(C=CCS)cc1Cl. The standard InChI is InChI=1S/C9H8Cl2OS/c10-7-4-6(2-1-3-13)5-8(11)9(7)12/h1-2,4-5,12-13H,3H2. The molecule has 0 aliphatic rings. The van der Waals surface area contributed by atoms with Gasteiger partial charge in [0.25, 0.3) is 0 Å². The maximum absolute atomic E-state index is 9.25. The molecule has 0 radical (unpaired) electrons. The molecule has 0 saturated carbocycles. The second-order valence-electron chi connectivity index (χ2n) is 2.42. The van der Waals surface area contributed by atoms with Crippen LogP contribution in [0.3, 0.4) is 0 Å². The lowest BCUT2D eigenvalue weighted by Gasteiger charge is -2.01. The largest absolute Gasteiger partial charge is 0.505 e. The molecule has 1 aromatic carbocycles. The van der Waals surface area contributed by atoms with Gasteiger partial charge in [-0.05, 0) is 17.7 Å². The number of halogens is 2. The Kier molecular flexibility index (Phi) is 3.97. The van der Waals surface area contributed by atoms with E-state index in [9.17, 15) is 5.11 Å². The van der Waals surface area contributed by atoms with Crippen molar-refractivity contribution in [2.24, 2.45) is 0 Å². The van der Waals surface area contributed by atoms with Crippen molar-refractivity contribution in [1.82, 2.24) is 0 Å². The molecule has 0 saturated heterocycles. The van der Waals surface area contributed by atoms with E-state index < -0.39 is 0 Å². The number of thiol groups is 1. The molecule has 0 spiro atoms. The summed E-state index contributed by atoms with van der Waals surface area (Å²) in [5.74, 6) is 0.571. The molecule has 4 heteroatoms. The Balaban J connectivity index is 3.06. The van der Waals surface area contributed by atoms with Gasteiger partial charge in [0.2, 0.25) is 0 Å². The third kappa shape index (κ3) is 2.83. The second-order valence-corrected chi connectivity index (χ2v) is 3.60. The topological polar surface area (TPSA) is 20.2 Å². The zero-order valence-corrected chi connectivity index (χ0v) is 9.07. The van der Waals surface area contributed by atoms with Gasteiger partial charge >= 0.3 is 0 Å². The first-order valence-corrected chi connectivity index (χ1v) is 4.99. The molecule has 0 heterocycles. The Morgan fingerprint density at radius 3 is 2.31 bits per heavy atom. The Morgan fingerprint density at radius 2 is 1.85 bits per heavy atom. The van der Waals surface area contributed by atoms with Crippen LogP contribution in [0.15, 0.2) is 18.2 Å². The highest BCUT2D eigenvalue weighted by Crippen LogP contribution is 2.32. The fourth-order valence-electron chi connectivity index (χ4n) is 0.870. The van der Waals surface area contributed by atoms with Crippen molar-refractivity contribution in [1.29, 1.82) is 0 Å². The van der Waals surface area contributed by atoms with Crippen LogP contribution >= 0.6 is 35.8 Å². The van der Waals surface area contributed by atoms with Gasteiger partial charge in [-0.2, -0.15) is 12.6 Å². The summed E-state index contributed by atoms with van der Waals surface area (Å²) in [5, 5.41) is 9.76. The number of hydrogen-bond donors (Lipinski definition) is 2. The predicted octanol–water partition coefficient (Wildman–Crippen LogP) is 3.64. The molecule has 0 aromatic heterocycles. The number of benzene rings is 1. The number of aromatic hydroxyl groups is 1. The van der Waals surface area contributed by atoms with E-state index in [4.69, 9.17) is 23.2 Å². The van der Waals surface area contributed by atoms with E-state index in [-0.39, 0.29) is 15.8 Å². The molecule has 0 bridgehead atoms. The van der Waals surface area contributed by atoms with Crippen LogP contribution in [0.25, 0.3) is 6.08 Å². The highest BCUT2D eigenvalue weighted by molar-refractivity contribution is 7.80. The van der Waals surface area contributed by atoms with Crippen LogP contribution < -0.4 is 0 Å². The van der Waals surface area contributed by atoms with Gasteiger partial charge in [-0.1, -0.05) is 35.4 Å². The minimum absolute atomic E-state index is 0.0774. The Bertz CT molecular complexity index is 313. The van der Waals surface area contributed by atoms with E-state index in [2.05, 4.69) is 12.6 Å². The summed E-state index contributed by atoms with van der Waals surface area (Å²) in [4.78, 5) is 0. The maximum atomic E-state index is 9.25. The van der Waals surface area contributed by atoms with Gasteiger partial charge in [0.05, 0.1) is 10.0 Å². The minimum Gasteiger partial charge on any atom is -0.505 e. The van der Waals surface area contributed by atoms with E-state index in [1.807, 2.05) is 12.2 Å². The summed E-state index contributed by atoms with van der Waals surface area (Å²) < 4.78 is 0. The molecule has 1 aromatic rings. The minimum atomic E-state index is -0.0774. The molecule has 0 unspecified atom stereocenters. The van der Waals surface area contributed by atoms with Crippen LogP contribution in [0.2, 0.25) is 10.0 Å². The van der Waals surface area contributed by atoms with E-state index in [0.717, 1.165) is 5.56 Å². The fourth-order valence-corrected chi connectivity index (χ4v) is 1.48. The second kappa shape index (κ2) is 4.80.